The van der Waals surface area contributed by atoms with Crippen molar-refractivity contribution in [3.05, 3.63) is 0 Å². The SMILES string of the molecule is CC(C)C[C@@H](NC(=O)CC(C)(C)N)C(=O)O. The monoisotopic (exact) mass is 230 g/mol. The Kier molecular flexibility index (Phi) is 5.44. The maximum absolute atomic E-state index is 11.5. The predicted octanol–water partition coefficient (Wildman–Crippen LogP) is 0.729. The number of carbonyl (C=O) groups excluding carboxylic acids is 1. The third-order valence-corrected chi connectivity index (χ3v) is 1.96. The van der Waals surface area contributed by atoms with Crippen molar-refractivity contribution < 1.29 is 14.7 Å². The van der Waals surface area contributed by atoms with Crippen molar-refractivity contribution in [2.24, 2.45) is 11.7 Å². The Morgan fingerprint density at radius 3 is 2.19 bits per heavy atom. The first-order valence-electron chi connectivity index (χ1n) is 5.43. The van der Waals surface area contributed by atoms with Crippen molar-refractivity contribution in [3.63, 3.8) is 0 Å². The highest BCUT2D eigenvalue weighted by atomic mass is 16.4. The summed E-state index contributed by atoms with van der Waals surface area (Å²) in [4.78, 5) is 22.4. The fraction of sp³-hybridized carbons (Fsp3) is 0.818. The van der Waals surface area contributed by atoms with Gasteiger partial charge in [-0.15, -0.1) is 0 Å². The van der Waals surface area contributed by atoms with Gasteiger partial charge >= 0.3 is 5.97 Å². The second-order valence-electron chi connectivity index (χ2n) is 5.25. The van der Waals surface area contributed by atoms with Crippen LogP contribution in [0.15, 0.2) is 0 Å². The Labute approximate surface area is 96.4 Å². The van der Waals surface area contributed by atoms with E-state index in [0.29, 0.717) is 6.42 Å². The van der Waals surface area contributed by atoms with Crippen molar-refractivity contribution in [1.29, 1.82) is 0 Å². The van der Waals surface area contributed by atoms with Gasteiger partial charge in [-0.3, -0.25) is 4.79 Å². The van der Waals surface area contributed by atoms with Crippen LogP contribution >= 0.6 is 0 Å². The lowest BCUT2D eigenvalue weighted by atomic mass is 10.00. The van der Waals surface area contributed by atoms with E-state index in [9.17, 15) is 9.59 Å². The van der Waals surface area contributed by atoms with Crippen LogP contribution in [0.25, 0.3) is 0 Å². The summed E-state index contributed by atoms with van der Waals surface area (Å²) in [6.45, 7) is 7.28. The van der Waals surface area contributed by atoms with Crippen molar-refractivity contribution in [1.82, 2.24) is 5.32 Å². The van der Waals surface area contributed by atoms with Gasteiger partial charge in [0.15, 0.2) is 0 Å². The predicted molar refractivity (Wildman–Crippen MR) is 61.9 cm³/mol. The molecule has 1 atom stereocenters. The molecule has 0 aromatic heterocycles. The van der Waals surface area contributed by atoms with E-state index in [4.69, 9.17) is 10.8 Å². The van der Waals surface area contributed by atoms with Crippen LogP contribution in [0.1, 0.15) is 40.5 Å². The molecule has 0 spiro atoms. The second kappa shape index (κ2) is 5.84. The normalized spacial score (nSPS) is 13.6. The summed E-state index contributed by atoms with van der Waals surface area (Å²) in [6.07, 6.45) is 0.543. The topological polar surface area (TPSA) is 92.4 Å². The zero-order valence-electron chi connectivity index (χ0n) is 10.4. The zero-order valence-corrected chi connectivity index (χ0v) is 10.4. The fourth-order valence-corrected chi connectivity index (χ4v) is 1.35. The van der Waals surface area contributed by atoms with E-state index in [2.05, 4.69) is 5.32 Å². The first-order valence-corrected chi connectivity index (χ1v) is 5.43. The lowest BCUT2D eigenvalue weighted by molar-refractivity contribution is -0.142. The van der Waals surface area contributed by atoms with Crippen LogP contribution in [0, 0.1) is 5.92 Å². The van der Waals surface area contributed by atoms with Gasteiger partial charge in [-0.05, 0) is 26.2 Å². The summed E-state index contributed by atoms with van der Waals surface area (Å²) >= 11 is 0. The highest BCUT2D eigenvalue weighted by Gasteiger charge is 2.23. The van der Waals surface area contributed by atoms with E-state index in [0.717, 1.165) is 0 Å². The van der Waals surface area contributed by atoms with E-state index >= 15 is 0 Å². The highest BCUT2D eigenvalue weighted by Crippen LogP contribution is 2.07. The standard InChI is InChI=1S/C11H22N2O3/c1-7(2)5-8(10(15)16)13-9(14)6-11(3,4)12/h7-8H,5-6,12H2,1-4H3,(H,13,14)(H,15,16)/t8-/m1/s1. The maximum atomic E-state index is 11.5. The highest BCUT2D eigenvalue weighted by molar-refractivity contribution is 5.84. The molecule has 16 heavy (non-hydrogen) atoms. The van der Waals surface area contributed by atoms with Crippen molar-refractivity contribution in [3.8, 4) is 0 Å². The molecular weight excluding hydrogens is 208 g/mol. The lowest BCUT2D eigenvalue weighted by Crippen LogP contribution is -2.46. The molecule has 0 saturated carbocycles. The Balaban J connectivity index is 4.30. The molecule has 0 bridgehead atoms. The molecule has 0 saturated heterocycles. The lowest BCUT2D eigenvalue weighted by Gasteiger charge is -2.21. The number of hydrogen-bond donors (Lipinski definition) is 3. The van der Waals surface area contributed by atoms with Crippen molar-refractivity contribution in [2.45, 2.75) is 52.1 Å². The van der Waals surface area contributed by atoms with Gasteiger partial charge in [0.2, 0.25) is 5.91 Å². The first kappa shape index (κ1) is 14.9. The van der Waals surface area contributed by atoms with E-state index in [-0.39, 0.29) is 18.2 Å². The van der Waals surface area contributed by atoms with Gasteiger partial charge in [0, 0.05) is 12.0 Å². The van der Waals surface area contributed by atoms with Crippen LogP contribution in [0.4, 0.5) is 0 Å². The third kappa shape index (κ3) is 7.23. The Hall–Kier alpha value is -1.10. The van der Waals surface area contributed by atoms with Gasteiger partial charge in [0.25, 0.3) is 0 Å². The Morgan fingerprint density at radius 2 is 1.88 bits per heavy atom. The summed E-state index contributed by atoms with van der Waals surface area (Å²) in [6, 6.07) is -0.824. The summed E-state index contributed by atoms with van der Waals surface area (Å²) in [5, 5.41) is 11.4. The van der Waals surface area contributed by atoms with Gasteiger partial charge in [-0.1, -0.05) is 13.8 Å². The average molecular weight is 230 g/mol. The second-order valence-corrected chi connectivity index (χ2v) is 5.25. The molecule has 0 aliphatic heterocycles. The van der Waals surface area contributed by atoms with Crippen LogP contribution in [-0.4, -0.2) is 28.6 Å². The number of amides is 1. The third-order valence-electron chi connectivity index (χ3n) is 1.96. The molecule has 4 N–H and O–H groups in total. The van der Waals surface area contributed by atoms with E-state index in [1.165, 1.54) is 0 Å². The molecular formula is C11H22N2O3. The molecule has 0 radical (unpaired) electrons. The molecule has 0 aliphatic carbocycles. The average Bonchev–Trinajstić information content (AvgIpc) is 1.97. The molecule has 5 heteroatoms. The number of aliphatic carboxylic acids is 1. The molecule has 0 heterocycles. The molecule has 0 fully saturated rings. The number of nitrogens with one attached hydrogen (secondary N) is 1. The Morgan fingerprint density at radius 1 is 1.38 bits per heavy atom. The Bertz CT molecular complexity index is 256. The van der Waals surface area contributed by atoms with Crippen molar-refractivity contribution >= 4 is 11.9 Å². The minimum atomic E-state index is -1.00. The molecule has 1 amide bonds. The largest absolute Gasteiger partial charge is 0.480 e. The van der Waals surface area contributed by atoms with Crippen LogP contribution in [0.3, 0.4) is 0 Å². The van der Waals surface area contributed by atoms with Crippen LogP contribution in [0.2, 0.25) is 0 Å². The molecule has 5 nitrogen and oxygen atoms in total. The number of nitrogens with two attached hydrogens (primary N) is 1. The fourth-order valence-electron chi connectivity index (χ4n) is 1.35. The summed E-state index contributed by atoms with van der Waals surface area (Å²) in [5.41, 5.74) is 5.06. The minimum absolute atomic E-state index is 0.120. The van der Waals surface area contributed by atoms with E-state index in [1.54, 1.807) is 13.8 Å². The molecule has 0 aromatic rings. The smallest absolute Gasteiger partial charge is 0.326 e. The summed E-state index contributed by atoms with van der Waals surface area (Å²) in [5.74, 6) is -1.11. The molecule has 0 unspecified atom stereocenters. The van der Waals surface area contributed by atoms with E-state index in [1.807, 2.05) is 13.8 Å². The number of carboxylic acids is 1. The van der Waals surface area contributed by atoms with Gasteiger partial charge < -0.3 is 16.2 Å². The number of carboxylic acid groups (broad SMARTS) is 1. The zero-order chi connectivity index (χ0) is 12.9. The van der Waals surface area contributed by atoms with Crippen LogP contribution in [0.5, 0.6) is 0 Å². The number of rotatable bonds is 6. The van der Waals surface area contributed by atoms with Gasteiger partial charge in [-0.25, -0.2) is 4.79 Å². The quantitative estimate of drug-likeness (QED) is 0.627. The number of carbonyl (C=O) groups is 2. The van der Waals surface area contributed by atoms with E-state index < -0.39 is 17.6 Å². The molecule has 0 rings (SSSR count). The minimum Gasteiger partial charge on any atom is -0.480 e. The van der Waals surface area contributed by atoms with Crippen LogP contribution in [-0.2, 0) is 9.59 Å². The van der Waals surface area contributed by atoms with Gasteiger partial charge in [0.1, 0.15) is 6.04 Å². The van der Waals surface area contributed by atoms with Crippen LogP contribution < -0.4 is 11.1 Å². The number of hydrogen-bond acceptors (Lipinski definition) is 3. The summed E-state index contributed by atoms with van der Waals surface area (Å²) in [7, 11) is 0. The van der Waals surface area contributed by atoms with Gasteiger partial charge in [-0.2, -0.15) is 0 Å². The molecule has 0 aromatic carbocycles. The maximum Gasteiger partial charge on any atom is 0.326 e. The van der Waals surface area contributed by atoms with Gasteiger partial charge in [0.05, 0.1) is 0 Å². The molecule has 0 aliphatic rings. The summed E-state index contributed by atoms with van der Waals surface area (Å²) < 4.78 is 0. The molecule has 94 valence electrons. The first-order chi connectivity index (χ1) is 7.11. The van der Waals surface area contributed by atoms with Crippen molar-refractivity contribution in [2.75, 3.05) is 0 Å².